The minimum atomic E-state index is -0.272. The smallest absolute Gasteiger partial charge is 0.255 e. The van der Waals surface area contributed by atoms with Crippen LogP contribution < -0.4 is 5.56 Å². The van der Waals surface area contributed by atoms with Gasteiger partial charge in [0.1, 0.15) is 5.78 Å². The van der Waals surface area contributed by atoms with E-state index >= 15 is 0 Å². The maximum Gasteiger partial charge on any atom is 0.255 e. The number of H-pyrrole nitrogens is 1. The number of carbonyl (C=O) groups excluding carboxylic acids is 2. The van der Waals surface area contributed by atoms with Crippen molar-refractivity contribution in [2.24, 2.45) is 5.92 Å². The first kappa shape index (κ1) is 16.1. The van der Waals surface area contributed by atoms with E-state index in [9.17, 15) is 14.4 Å². The third-order valence-electron chi connectivity index (χ3n) is 5.61. The number of aromatic amines is 1. The fourth-order valence-corrected chi connectivity index (χ4v) is 4.42. The van der Waals surface area contributed by atoms with Crippen molar-refractivity contribution in [2.75, 3.05) is 6.54 Å². The van der Waals surface area contributed by atoms with Crippen LogP contribution in [0.2, 0.25) is 0 Å². The van der Waals surface area contributed by atoms with Gasteiger partial charge in [0.2, 0.25) is 5.56 Å². The molecule has 1 N–H and O–H groups in total. The summed E-state index contributed by atoms with van der Waals surface area (Å²) in [5.74, 6) is 0.142. The summed E-state index contributed by atoms with van der Waals surface area (Å²) in [6.45, 7) is 0.661. The third kappa shape index (κ3) is 2.88. The third-order valence-corrected chi connectivity index (χ3v) is 5.61. The van der Waals surface area contributed by atoms with Crippen molar-refractivity contribution in [3.05, 3.63) is 46.2 Å². The summed E-state index contributed by atoms with van der Waals surface area (Å²) >= 11 is 0. The summed E-state index contributed by atoms with van der Waals surface area (Å²) in [5, 5.41) is 0.757. The van der Waals surface area contributed by atoms with E-state index in [-0.39, 0.29) is 23.4 Å². The van der Waals surface area contributed by atoms with Crippen molar-refractivity contribution < 1.29 is 9.59 Å². The molecule has 2 aliphatic rings. The standard InChI is InChI=1S/C20H22N2O3/c23-18-10-4-2-7-14(18)17-9-5-11-22(17)20(25)15-12-19(24)21-16-8-3-1-6-13(15)16/h1,3,6,8,12,14,17H,2,4-5,7,9-11H2,(H,21,24). The van der Waals surface area contributed by atoms with E-state index in [1.807, 2.05) is 23.1 Å². The number of hydrogen-bond acceptors (Lipinski definition) is 3. The summed E-state index contributed by atoms with van der Waals surface area (Å²) < 4.78 is 0. The van der Waals surface area contributed by atoms with Gasteiger partial charge in [-0.3, -0.25) is 14.4 Å². The summed E-state index contributed by atoms with van der Waals surface area (Å²) in [6.07, 6.45) is 5.34. The van der Waals surface area contributed by atoms with Crippen LogP contribution >= 0.6 is 0 Å². The maximum absolute atomic E-state index is 13.2. The number of nitrogens with one attached hydrogen (secondary N) is 1. The molecule has 2 fully saturated rings. The predicted molar refractivity (Wildman–Crippen MR) is 95.6 cm³/mol. The lowest BCUT2D eigenvalue weighted by Crippen LogP contribution is -2.44. The van der Waals surface area contributed by atoms with Gasteiger partial charge >= 0.3 is 0 Å². The molecule has 0 radical (unpaired) electrons. The SMILES string of the molecule is O=C1CCCCC1C1CCCN1C(=O)c1cc(=O)[nH]c2ccccc12. The molecular weight excluding hydrogens is 316 g/mol. The van der Waals surface area contributed by atoms with Crippen LogP contribution in [0.1, 0.15) is 48.9 Å². The Labute approximate surface area is 146 Å². The lowest BCUT2D eigenvalue weighted by Gasteiger charge is -2.33. The molecule has 2 heterocycles. The zero-order chi connectivity index (χ0) is 17.4. The van der Waals surface area contributed by atoms with Gasteiger partial charge < -0.3 is 9.88 Å². The van der Waals surface area contributed by atoms with Gasteiger partial charge in [0, 0.05) is 41.9 Å². The Kier molecular flexibility index (Phi) is 4.15. The molecule has 1 aromatic heterocycles. The quantitative estimate of drug-likeness (QED) is 0.915. The molecule has 130 valence electrons. The predicted octanol–water partition coefficient (Wildman–Crippen LogP) is 2.89. The molecule has 0 spiro atoms. The molecule has 4 rings (SSSR count). The Morgan fingerprint density at radius 3 is 2.76 bits per heavy atom. The van der Waals surface area contributed by atoms with Gasteiger partial charge in [-0.25, -0.2) is 0 Å². The molecule has 1 saturated carbocycles. The van der Waals surface area contributed by atoms with Crippen LogP contribution in [0.4, 0.5) is 0 Å². The van der Waals surface area contributed by atoms with Gasteiger partial charge in [-0.05, 0) is 31.7 Å². The first-order chi connectivity index (χ1) is 12.1. The number of para-hydroxylation sites is 1. The van der Waals surface area contributed by atoms with E-state index < -0.39 is 0 Å². The number of nitrogens with zero attached hydrogens (tertiary/aromatic N) is 1. The number of rotatable bonds is 2. The van der Waals surface area contributed by atoms with Crippen LogP contribution in [0.3, 0.4) is 0 Å². The van der Waals surface area contributed by atoms with E-state index in [4.69, 9.17) is 0 Å². The normalized spacial score (nSPS) is 24.0. The minimum Gasteiger partial charge on any atom is -0.335 e. The molecule has 1 amide bonds. The van der Waals surface area contributed by atoms with Crippen LogP contribution in [-0.4, -0.2) is 34.2 Å². The molecule has 25 heavy (non-hydrogen) atoms. The zero-order valence-electron chi connectivity index (χ0n) is 14.2. The molecule has 2 unspecified atom stereocenters. The van der Waals surface area contributed by atoms with E-state index in [1.54, 1.807) is 6.07 Å². The highest BCUT2D eigenvalue weighted by Gasteiger charge is 2.39. The Balaban J connectivity index is 1.71. The molecule has 1 aliphatic carbocycles. The number of carbonyl (C=O) groups is 2. The van der Waals surface area contributed by atoms with Crippen molar-refractivity contribution in [3.63, 3.8) is 0 Å². The number of likely N-dealkylation sites (tertiary alicyclic amines) is 1. The fourth-order valence-electron chi connectivity index (χ4n) is 4.42. The fraction of sp³-hybridized carbons (Fsp3) is 0.450. The van der Waals surface area contributed by atoms with Crippen molar-refractivity contribution in [2.45, 2.75) is 44.6 Å². The van der Waals surface area contributed by atoms with Gasteiger partial charge in [-0.2, -0.15) is 0 Å². The second-order valence-corrected chi connectivity index (χ2v) is 7.12. The number of hydrogen-bond donors (Lipinski definition) is 1. The molecule has 1 aliphatic heterocycles. The Hall–Kier alpha value is -2.43. The second-order valence-electron chi connectivity index (χ2n) is 7.12. The number of amides is 1. The second kappa shape index (κ2) is 6.47. The Bertz CT molecular complexity index is 886. The number of pyridine rings is 1. The number of ketones is 1. The highest BCUT2D eigenvalue weighted by Crippen LogP contribution is 2.33. The van der Waals surface area contributed by atoms with Gasteiger partial charge in [-0.15, -0.1) is 0 Å². The summed E-state index contributed by atoms with van der Waals surface area (Å²) in [6, 6.07) is 8.74. The zero-order valence-corrected chi connectivity index (χ0v) is 14.2. The molecule has 5 nitrogen and oxygen atoms in total. The molecular formula is C20H22N2O3. The largest absolute Gasteiger partial charge is 0.335 e. The van der Waals surface area contributed by atoms with Crippen LogP contribution in [0.5, 0.6) is 0 Å². The lowest BCUT2D eigenvalue weighted by molar-refractivity contribution is -0.126. The van der Waals surface area contributed by atoms with Gasteiger partial charge in [0.05, 0.1) is 5.56 Å². The highest BCUT2D eigenvalue weighted by molar-refractivity contribution is 6.06. The number of benzene rings is 1. The maximum atomic E-state index is 13.2. The monoisotopic (exact) mass is 338 g/mol. The molecule has 1 aromatic carbocycles. The average molecular weight is 338 g/mol. The van der Waals surface area contributed by atoms with Crippen LogP contribution in [-0.2, 0) is 4.79 Å². The first-order valence-electron chi connectivity index (χ1n) is 9.11. The van der Waals surface area contributed by atoms with Gasteiger partial charge in [0.15, 0.2) is 0 Å². The lowest BCUT2D eigenvalue weighted by atomic mass is 9.81. The Morgan fingerprint density at radius 2 is 1.92 bits per heavy atom. The topological polar surface area (TPSA) is 70.2 Å². The summed E-state index contributed by atoms with van der Waals surface area (Å²) in [4.78, 5) is 42.2. The van der Waals surface area contributed by atoms with Crippen LogP contribution in [0, 0.1) is 5.92 Å². The number of fused-ring (bicyclic) bond motifs is 1. The average Bonchev–Trinajstić information content (AvgIpc) is 3.10. The van der Waals surface area contributed by atoms with Crippen molar-refractivity contribution in [3.8, 4) is 0 Å². The first-order valence-corrected chi connectivity index (χ1v) is 9.11. The van der Waals surface area contributed by atoms with Crippen LogP contribution in [0.25, 0.3) is 10.9 Å². The van der Waals surface area contributed by atoms with E-state index in [2.05, 4.69) is 4.98 Å². The van der Waals surface area contributed by atoms with E-state index in [0.717, 1.165) is 37.5 Å². The number of Topliss-reactive ketones (excluding diaryl/α,β-unsaturated/α-hetero) is 1. The molecule has 2 atom stereocenters. The highest BCUT2D eigenvalue weighted by atomic mass is 16.2. The minimum absolute atomic E-state index is 0.0154. The summed E-state index contributed by atoms with van der Waals surface area (Å²) in [5.41, 5.74) is 0.837. The molecule has 0 bridgehead atoms. The van der Waals surface area contributed by atoms with Crippen molar-refractivity contribution in [1.82, 2.24) is 9.88 Å². The van der Waals surface area contributed by atoms with Crippen molar-refractivity contribution >= 4 is 22.6 Å². The van der Waals surface area contributed by atoms with Crippen molar-refractivity contribution in [1.29, 1.82) is 0 Å². The van der Waals surface area contributed by atoms with E-state index in [1.165, 1.54) is 6.07 Å². The van der Waals surface area contributed by atoms with Crippen LogP contribution in [0.15, 0.2) is 35.1 Å². The van der Waals surface area contributed by atoms with E-state index in [0.29, 0.717) is 29.8 Å². The molecule has 2 aromatic rings. The molecule has 5 heteroatoms. The molecule has 1 saturated heterocycles. The van der Waals surface area contributed by atoms with Gasteiger partial charge in [-0.1, -0.05) is 24.6 Å². The van der Waals surface area contributed by atoms with Gasteiger partial charge in [0.25, 0.3) is 5.91 Å². The Morgan fingerprint density at radius 1 is 1.08 bits per heavy atom. The summed E-state index contributed by atoms with van der Waals surface area (Å²) in [7, 11) is 0. The number of aromatic nitrogens is 1.